The standard InChI is InChI=1S/C11H8BF3O3/c13-11(14,15)18-10-3-1-2-7-4-5-8(12(16)17)6-9(7)10/h1-6,16-17H. The highest BCUT2D eigenvalue weighted by molar-refractivity contribution is 6.58. The quantitative estimate of drug-likeness (QED) is 0.799. The fourth-order valence-electron chi connectivity index (χ4n) is 1.64. The maximum atomic E-state index is 12.2. The van der Waals surface area contributed by atoms with Crippen molar-refractivity contribution in [1.82, 2.24) is 0 Å². The molecule has 94 valence electrons. The summed E-state index contributed by atoms with van der Waals surface area (Å²) >= 11 is 0. The number of halogens is 3. The molecule has 0 aliphatic rings. The van der Waals surface area contributed by atoms with Gasteiger partial charge in [-0.25, -0.2) is 0 Å². The lowest BCUT2D eigenvalue weighted by Crippen LogP contribution is -2.29. The predicted molar refractivity (Wildman–Crippen MR) is 60.5 cm³/mol. The van der Waals surface area contributed by atoms with Crippen molar-refractivity contribution in [2.45, 2.75) is 6.36 Å². The van der Waals surface area contributed by atoms with Gasteiger partial charge in [-0.05, 0) is 16.9 Å². The van der Waals surface area contributed by atoms with Crippen molar-refractivity contribution >= 4 is 23.4 Å². The van der Waals surface area contributed by atoms with Crippen molar-refractivity contribution in [3.63, 3.8) is 0 Å². The van der Waals surface area contributed by atoms with E-state index in [1.807, 2.05) is 0 Å². The zero-order chi connectivity index (χ0) is 13.3. The number of alkyl halides is 3. The summed E-state index contributed by atoms with van der Waals surface area (Å²) in [5.74, 6) is -0.373. The largest absolute Gasteiger partial charge is 0.573 e. The summed E-state index contributed by atoms with van der Waals surface area (Å²) < 4.78 is 40.5. The van der Waals surface area contributed by atoms with E-state index in [9.17, 15) is 13.2 Å². The Labute approximate surface area is 101 Å². The summed E-state index contributed by atoms with van der Waals surface area (Å²) in [4.78, 5) is 0. The third kappa shape index (κ3) is 2.74. The smallest absolute Gasteiger partial charge is 0.423 e. The molecule has 0 saturated heterocycles. The topological polar surface area (TPSA) is 49.7 Å². The zero-order valence-corrected chi connectivity index (χ0v) is 8.98. The molecule has 2 aromatic rings. The number of ether oxygens (including phenoxy) is 1. The van der Waals surface area contributed by atoms with E-state index in [1.165, 1.54) is 30.3 Å². The van der Waals surface area contributed by atoms with Crippen LogP contribution in [0.5, 0.6) is 5.75 Å². The number of fused-ring (bicyclic) bond motifs is 1. The lowest BCUT2D eigenvalue weighted by atomic mass is 9.79. The Hall–Kier alpha value is -1.73. The second kappa shape index (κ2) is 4.51. The van der Waals surface area contributed by atoms with Crippen LogP contribution in [0.15, 0.2) is 36.4 Å². The van der Waals surface area contributed by atoms with Gasteiger partial charge < -0.3 is 14.8 Å². The highest BCUT2D eigenvalue weighted by Gasteiger charge is 2.31. The van der Waals surface area contributed by atoms with Gasteiger partial charge >= 0.3 is 13.5 Å². The molecule has 0 bridgehead atoms. The Balaban J connectivity index is 2.55. The van der Waals surface area contributed by atoms with Crippen LogP contribution >= 0.6 is 0 Å². The van der Waals surface area contributed by atoms with E-state index < -0.39 is 13.5 Å². The molecule has 0 saturated carbocycles. The van der Waals surface area contributed by atoms with Crippen LogP contribution in [0.1, 0.15) is 0 Å². The van der Waals surface area contributed by atoms with Crippen molar-refractivity contribution in [1.29, 1.82) is 0 Å². The van der Waals surface area contributed by atoms with E-state index >= 15 is 0 Å². The summed E-state index contributed by atoms with van der Waals surface area (Å²) in [6, 6.07) is 8.37. The first-order chi connectivity index (χ1) is 8.37. The van der Waals surface area contributed by atoms with Crippen molar-refractivity contribution < 1.29 is 28.0 Å². The van der Waals surface area contributed by atoms with Gasteiger partial charge in [-0.1, -0.05) is 30.3 Å². The normalized spacial score (nSPS) is 11.6. The maximum absolute atomic E-state index is 12.2. The molecule has 2 N–H and O–H groups in total. The molecule has 0 fully saturated rings. The van der Waals surface area contributed by atoms with E-state index in [-0.39, 0.29) is 16.6 Å². The van der Waals surface area contributed by atoms with Crippen LogP contribution in [0.3, 0.4) is 0 Å². The van der Waals surface area contributed by atoms with E-state index in [4.69, 9.17) is 10.0 Å². The molecule has 18 heavy (non-hydrogen) atoms. The van der Waals surface area contributed by atoms with Gasteiger partial charge in [0, 0.05) is 5.39 Å². The molecule has 0 spiro atoms. The van der Waals surface area contributed by atoms with E-state index in [1.54, 1.807) is 6.07 Å². The fraction of sp³-hybridized carbons (Fsp3) is 0.0909. The van der Waals surface area contributed by atoms with Crippen molar-refractivity contribution in [2.75, 3.05) is 0 Å². The van der Waals surface area contributed by atoms with Crippen LogP contribution in [0.4, 0.5) is 13.2 Å². The lowest BCUT2D eigenvalue weighted by molar-refractivity contribution is -0.274. The predicted octanol–water partition coefficient (Wildman–Crippen LogP) is 1.42. The van der Waals surface area contributed by atoms with Gasteiger partial charge in [-0.3, -0.25) is 0 Å². The molecule has 2 aromatic carbocycles. The lowest BCUT2D eigenvalue weighted by Gasteiger charge is -2.12. The molecule has 0 aliphatic carbocycles. The third-order valence-corrected chi connectivity index (χ3v) is 2.39. The summed E-state index contributed by atoms with van der Waals surface area (Å²) in [7, 11) is -1.74. The molecule has 3 nitrogen and oxygen atoms in total. The second-order valence-electron chi connectivity index (χ2n) is 3.66. The van der Waals surface area contributed by atoms with Crippen molar-refractivity contribution in [3.8, 4) is 5.75 Å². The van der Waals surface area contributed by atoms with Crippen LogP contribution in [0, 0.1) is 0 Å². The van der Waals surface area contributed by atoms with Gasteiger partial charge in [-0.15, -0.1) is 13.2 Å². The summed E-state index contributed by atoms with van der Waals surface area (Å²) in [5, 5.41) is 18.7. The molecule has 0 radical (unpaired) electrons. The third-order valence-electron chi connectivity index (χ3n) is 2.39. The first-order valence-corrected chi connectivity index (χ1v) is 5.01. The van der Waals surface area contributed by atoms with Gasteiger partial charge in [0.2, 0.25) is 0 Å². The van der Waals surface area contributed by atoms with Crippen LogP contribution in [0.2, 0.25) is 0 Å². The Kier molecular flexibility index (Phi) is 3.19. The summed E-state index contributed by atoms with van der Waals surface area (Å²) in [5.41, 5.74) is 0.0979. The minimum absolute atomic E-state index is 0.0979. The van der Waals surface area contributed by atoms with Crippen LogP contribution in [-0.4, -0.2) is 23.5 Å². The van der Waals surface area contributed by atoms with E-state index in [0.29, 0.717) is 5.39 Å². The molecule has 7 heteroatoms. The number of benzene rings is 2. The van der Waals surface area contributed by atoms with Crippen LogP contribution in [0.25, 0.3) is 10.8 Å². The average Bonchev–Trinajstić information content (AvgIpc) is 2.26. The Morgan fingerprint density at radius 1 is 1.06 bits per heavy atom. The molecular formula is C11H8BF3O3. The van der Waals surface area contributed by atoms with Crippen LogP contribution in [-0.2, 0) is 0 Å². The SMILES string of the molecule is OB(O)c1ccc2cccc(OC(F)(F)F)c2c1. The number of rotatable bonds is 2. The molecule has 0 aromatic heterocycles. The van der Waals surface area contributed by atoms with Crippen molar-refractivity contribution in [2.24, 2.45) is 0 Å². The molecule has 0 amide bonds. The second-order valence-corrected chi connectivity index (χ2v) is 3.66. The fourth-order valence-corrected chi connectivity index (χ4v) is 1.64. The highest BCUT2D eigenvalue weighted by atomic mass is 19.4. The molecule has 0 unspecified atom stereocenters. The number of hydrogen-bond donors (Lipinski definition) is 2. The van der Waals surface area contributed by atoms with Gasteiger partial charge in [0.05, 0.1) is 0 Å². The first-order valence-electron chi connectivity index (χ1n) is 5.01. The first kappa shape index (κ1) is 12.7. The average molecular weight is 256 g/mol. The Bertz CT molecular complexity index is 569. The van der Waals surface area contributed by atoms with Gasteiger partial charge in [0.25, 0.3) is 0 Å². The molecule has 0 heterocycles. The van der Waals surface area contributed by atoms with Gasteiger partial charge in [0.15, 0.2) is 0 Å². The molecule has 0 aliphatic heterocycles. The van der Waals surface area contributed by atoms with E-state index in [0.717, 1.165) is 0 Å². The Morgan fingerprint density at radius 3 is 2.39 bits per heavy atom. The molecule has 0 atom stereocenters. The minimum Gasteiger partial charge on any atom is -0.423 e. The molecular weight excluding hydrogens is 248 g/mol. The summed E-state index contributed by atoms with van der Waals surface area (Å²) in [6.07, 6.45) is -4.79. The maximum Gasteiger partial charge on any atom is 0.573 e. The van der Waals surface area contributed by atoms with Crippen LogP contribution < -0.4 is 10.2 Å². The molecule has 2 rings (SSSR count). The van der Waals surface area contributed by atoms with E-state index in [2.05, 4.69) is 4.74 Å². The van der Waals surface area contributed by atoms with Gasteiger partial charge in [-0.2, -0.15) is 0 Å². The minimum atomic E-state index is -4.79. The highest BCUT2D eigenvalue weighted by Crippen LogP contribution is 2.29. The summed E-state index contributed by atoms with van der Waals surface area (Å²) in [6.45, 7) is 0. The number of hydrogen-bond acceptors (Lipinski definition) is 3. The Morgan fingerprint density at radius 2 is 1.78 bits per heavy atom. The van der Waals surface area contributed by atoms with Gasteiger partial charge in [0.1, 0.15) is 5.75 Å². The van der Waals surface area contributed by atoms with Crippen molar-refractivity contribution in [3.05, 3.63) is 36.4 Å². The monoisotopic (exact) mass is 256 g/mol. The zero-order valence-electron chi connectivity index (χ0n) is 8.98.